The number of hydrogen-bond donors (Lipinski definition) is 2. The van der Waals surface area contributed by atoms with Crippen molar-refractivity contribution >= 4 is 46.4 Å². The highest BCUT2D eigenvalue weighted by atomic mass is 35.5. The van der Waals surface area contributed by atoms with E-state index in [0.29, 0.717) is 30.0 Å². The second kappa shape index (κ2) is 16.0. The van der Waals surface area contributed by atoms with Crippen LogP contribution in [0.25, 0.3) is 21.0 Å². The van der Waals surface area contributed by atoms with E-state index in [1.165, 1.54) is 0 Å². The quantitative estimate of drug-likeness (QED) is 0.193. The van der Waals surface area contributed by atoms with Crippen molar-refractivity contribution in [1.29, 1.82) is 0 Å². The molecule has 5 aromatic rings. The molecule has 0 fully saturated rings. The summed E-state index contributed by atoms with van der Waals surface area (Å²) in [6.45, 7) is 14.0. The minimum atomic E-state index is 0. The Morgan fingerprint density at radius 1 is 0.889 bits per heavy atom. The maximum absolute atomic E-state index is 9.04. The standard InChI is InChI=1S/C8H5N3.C8H9N3.C6H5N3.C2H3ClO.CH4.H2/c1-9-7-3-2-5-11-6-4-10-8(7)11;9-6-7-2-1-4-11-5-3-10-8(7)11;1-8-5-3-2-4-9-6(5)7;3-1-2-4;;/h2-6H;1-5H,6,9H2;2-4H,(H2,7,9);2H,1H2;1H4;1H. The van der Waals surface area contributed by atoms with Gasteiger partial charge in [0.2, 0.25) is 11.4 Å². The monoisotopic (exact) mass is 505 g/mol. The highest BCUT2D eigenvalue weighted by Crippen LogP contribution is 2.17. The number of fused-ring (bicyclic) bond motifs is 2. The van der Waals surface area contributed by atoms with Gasteiger partial charge < -0.3 is 25.1 Å². The Morgan fingerprint density at radius 2 is 1.44 bits per heavy atom. The fourth-order valence-corrected chi connectivity index (χ4v) is 2.69. The molecule has 36 heavy (non-hydrogen) atoms. The average Bonchev–Trinajstić information content (AvgIpc) is 3.59. The highest BCUT2D eigenvalue weighted by Gasteiger charge is 1.99. The lowest BCUT2D eigenvalue weighted by molar-refractivity contribution is -0.105. The van der Waals surface area contributed by atoms with Crippen LogP contribution >= 0.6 is 11.6 Å². The highest BCUT2D eigenvalue weighted by molar-refractivity contribution is 6.24. The van der Waals surface area contributed by atoms with Crippen LogP contribution in [0.1, 0.15) is 14.4 Å². The normalized spacial score (nSPS) is 9.00. The summed E-state index contributed by atoms with van der Waals surface area (Å²) in [4.78, 5) is 27.4. The van der Waals surface area contributed by atoms with Gasteiger partial charge in [-0.3, -0.25) is 4.98 Å². The Kier molecular flexibility index (Phi) is 13.0. The Morgan fingerprint density at radius 3 is 1.97 bits per heavy atom. The summed E-state index contributed by atoms with van der Waals surface area (Å²) < 4.78 is 3.79. The van der Waals surface area contributed by atoms with Gasteiger partial charge >= 0.3 is 0 Å². The number of alkyl halides is 1. The topological polar surface area (TPSA) is 125 Å². The third-order valence-electron chi connectivity index (χ3n) is 4.24. The Balaban J connectivity index is 0.000000481. The predicted molar refractivity (Wildman–Crippen MR) is 145 cm³/mol. The van der Waals surface area contributed by atoms with Crippen molar-refractivity contribution in [3.63, 3.8) is 0 Å². The van der Waals surface area contributed by atoms with Gasteiger partial charge in [0.15, 0.2) is 0 Å². The van der Waals surface area contributed by atoms with Gasteiger partial charge in [0, 0.05) is 56.9 Å². The average molecular weight is 506 g/mol. The summed E-state index contributed by atoms with van der Waals surface area (Å²) in [6, 6.07) is 10.9. The van der Waals surface area contributed by atoms with E-state index < -0.39 is 0 Å². The molecule has 0 radical (unpaired) electrons. The van der Waals surface area contributed by atoms with Gasteiger partial charge in [0.05, 0.1) is 19.0 Å². The van der Waals surface area contributed by atoms with E-state index in [1.807, 2.05) is 51.8 Å². The number of anilines is 1. The van der Waals surface area contributed by atoms with Gasteiger partial charge in [0.25, 0.3) is 0 Å². The lowest BCUT2D eigenvalue weighted by Gasteiger charge is -1.97. The zero-order chi connectivity index (χ0) is 25.5. The Hall–Kier alpha value is -4.77. The van der Waals surface area contributed by atoms with Crippen molar-refractivity contribution in [2.75, 3.05) is 11.6 Å². The summed E-state index contributed by atoms with van der Waals surface area (Å²) in [6.07, 6.45) is 13.2. The minimum Gasteiger partial charge on any atom is -0.392 e. The van der Waals surface area contributed by atoms with Gasteiger partial charge in [-0.1, -0.05) is 37.8 Å². The molecule has 0 saturated heterocycles. The first-order chi connectivity index (χ1) is 17.1. The lowest BCUT2D eigenvalue weighted by Crippen LogP contribution is -1.99. The molecular weight excluding hydrogens is 478 g/mol. The minimum absolute atomic E-state index is 0. The SMILES string of the molecule is C.NCc1cccn2ccnc12.O=CCCl.[C-]#[N+]c1cccn2ccnc12.[C-]#[N+]c1cccnc1N.[HH]. The van der Waals surface area contributed by atoms with Crippen LogP contribution in [0.15, 0.2) is 79.8 Å². The molecule has 5 aromatic heterocycles. The maximum atomic E-state index is 9.04. The predicted octanol–water partition coefficient (Wildman–Crippen LogP) is 5.20. The first-order valence-corrected chi connectivity index (χ1v) is 10.6. The van der Waals surface area contributed by atoms with E-state index in [2.05, 4.69) is 24.6 Å². The van der Waals surface area contributed by atoms with Crippen molar-refractivity contribution in [3.8, 4) is 0 Å². The number of rotatable bonds is 2. The van der Waals surface area contributed by atoms with Crippen LogP contribution in [0.4, 0.5) is 17.2 Å². The molecule has 0 bridgehead atoms. The van der Waals surface area contributed by atoms with Crippen LogP contribution in [-0.2, 0) is 11.3 Å². The smallest absolute Gasteiger partial charge is 0.229 e. The van der Waals surface area contributed by atoms with Gasteiger partial charge in [-0.25, -0.2) is 19.7 Å². The zero-order valence-corrected chi connectivity index (χ0v) is 19.3. The van der Waals surface area contributed by atoms with E-state index in [9.17, 15) is 0 Å². The van der Waals surface area contributed by atoms with Crippen molar-refractivity contribution in [2.45, 2.75) is 14.0 Å². The van der Waals surface area contributed by atoms with Crippen molar-refractivity contribution in [2.24, 2.45) is 5.73 Å². The summed E-state index contributed by atoms with van der Waals surface area (Å²) in [5, 5.41) is 0. The van der Waals surface area contributed by atoms with Crippen molar-refractivity contribution in [3.05, 3.63) is 108 Å². The number of nitrogens with zero attached hydrogens (tertiary/aromatic N) is 7. The molecule has 5 heterocycles. The van der Waals surface area contributed by atoms with Crippen LogP contribution in [0.2, 0.25) is 0 Å². The molecule has 0 atom stereocenters. The Bertz CT molecular complexity index is 1450. The lowest BCUT2D eigenvalue weighted by atomic mass is 10.3. The molecule has 4 N–H and O–H groups in total. The van der Waals surface area contributed by atoms with E-state index in [4.69, 9.17) is 41.0 Å². The second-order valence-electron chi connectivity index (χ2n) is 6.40. The van der Waals surface area contributed by atoms with Crippen LogP contribution in [-0.4, -0.2) is 35.9 Å². The number of carbonyl (C=O) groups excluding carboxylic acids is 1. The molecule has 10 nitrogen and oxygen atoms in total. The number of aldehydes is 1. The van der Waals surface area contributed by atoms with Crippen LogP contribution < -0.4 is 11.5 Å². The molecule has 0 aromatic carbocycles. The number of halogens is 1. The van der Waals surface area contributed by atoms with E-state index in [-0.39, 0.29) is 14.7 Å². The van der Waals surface area contributed by atoms with Crippen molar-refractivity contribution in [1.82, 2.24) is 23.8 Å². The van der Waals surface area contributed by atoms with Crippen LogP contribution in [0.3, 0.4) is 0 Å². The molecule has 0 unspecified atom stereocenters. The number of hydrogen-bond acceptors (Lipinski definition) is 6. The summed E-state index contributed by atoms with van der Waals surface area (Å²) in [5.74, 6) is 0.410. The van der Waals surface area contributed by atoms with Crippen molar-refractivity contribution < 1.29 is 6.22 Å². The molecule has 11 heteroatoms. The fraction of sp³-hybridized carbons (Fsp3) is 0.120. The summed E-state index contributed by atoms with van der Waals surface area (Å²) >= 11 is 4.82. The molecule has 0 aliphatic heterocycles. The van der Waals surface area contributed by atoms with Gasteiger partial charge in [-0.05, 0) is 6.07 Å². The molecule has 5 rings (SSSR count). The van der Waals surface area contributed by atoms with Gasteiger partial charge in [-0.15, -0.1) is 11.6 Å². The van der Waals surface area contributed by atoms with Crippen LogP contribution in [0, 0.1) is 13.1 Å². The third-order valence-corrected chi connectivity index (χ3v) is 4.36. The number of aromatic nitrogens is 5. The maximum Gasteiger partial charge on any atom is 0.229 e. The number of imidazole rings is 2. The zero-order valence-electron chi connectivity index (χ0n) is 18.6. The fourth-order valence-electron chi connectivity index (χ4n) is 2.69. The third kappa shape index (κ3) is 8.22. The molecule has 0 saturated carbocycles. The Labute approximate surface area is 215 Å². The van der Waals surface area contributed by atoms with E-state index in [1.54, 1.807) is 36.8 Å². The van der Waals surface area contributed by atoms with Gasteiger partial charge in [0.1, 0.15) is 23.4 Å². The molecule has 0 spiro atoms. The van der Waals surface area contributed by atoms with E-state index in [0.717, 1.165) is 16.9 Å². The van der Waals surface area contributed by atoms with E-state index >= 15 is 0 Å². The number of pyridine rings is 3. The summed E-state index contributed by atoms with van der Waals surface area (Å²) in [5.41, 5.74) is 14.6. The largest absolute Gasteiger partial charge is 0.392 e. The molecule has 186 valence electrons. The number of carbonyl (C=O) groups is 1. The van der Waals surface area contributed by atoms with Crippen LogP contribution in [0.5, 0.6) is 0 Å². The molecule has 0 aliphatic rings. The van der Waals surface area contributed by atoms with Gasteiger partial charge in [-0.2, -0.15) is 0 Å². The molecule has 0 amide bonds. The molecular formula is C25H28ClN9O. The number of nitrogens with two attached hydrogens (primary N) is 2. The first-order valence-electron chi connectivity index (χ1n) is 10.1. The first kappa shape index (κ1) is 29.3. The summed E-state index contributed by atoms with van der Waals surface area (Å²) in [7, 11) is 0. The molecule has 0 aliphatic carbocycles. The number of nitrogen functional groups attached to an aromatic ring is 1. The second-order valence-corrected chi connectivity index (χ2v) is 6.71.